The van der Waals surface area contributed by atoms with E-state index in [1.54, 1.807) is 0 Å². The van der Waals surface area contributed by atoms with E-state index in [-0.39, 0.29) is 22.9 Å². The number of likely N-dealkylation sites (N-methyl/N-ethyl adjacent to an activating group) is 1. The molecular formula is C28H32NO3S+. The molecule has 5 heteroatoms. The van der Waals surface area contributed by atoms with Crippen molar-refractivity contribution in [1.82, 2.24) is 4.90 Å². The van der Waals surface area contributed by atoms with Crippen LogP contribution in [0.2, 0.25) is 0 Å². The fraction of sp³-hybridized carbons (Fsp3) is 0.321. The molecule has 0 aromatic heterocycles. The summed E-state index contributed by atoms with van der Waals surface area (Å²) in [6.07, 6.45) is 2.61. The van der Waals surface area contributed by atoms with Gasteiger partial charge in [0.05, 0.1) is 24.1 Å². The Morgan fingerprint density at radius 1 is 0.879 bits per heavy atom. The predicted octanol–water partition coefficient (Wildman–Crippen LogP) is 4.98. The highest BCUT2D eigenvalue weighted by atomic mass is 32.2. The van der Waals surface area contributed by atoms with Crippen molar-refractivity contribution in [3.63, 3.8) is 0 Å². The Balaban J connectivity index is 1.26. The molecule has 1 aliphatic heterocycles. The van der Waals surface area contributed by atoms with Crippen molar-refractivity contribution in [2.75, 3.05) is 33.4 Å². The van der Waals surface area contributed by atoms with Gasteiger partial charge in [-0.3, -0.25) is 9.69 Å². The van der Waals surface area contributed by atoms with Crippen LogP contribution in [0.3, 0.4) is 0 Å². The van der Waals surface area contributed by atoms with E-state index in [4.69, 9.17) is 9.47 Å². The number of hydrogen-bond acceptors (Lipinski definition) is 4. The molecule has 0 amide bonds. The molecule has 0 saturated carbocycles. The molecule has 172 valence electrons. The third-order valence-electron chi connectivity index (χ3n) is 5.89. The first-order valence-corrected chi connectivity index (χ1v) is 12.8. The van der Waals surface area contributed by atoms with Crippen LogP contribution >= 0.6 is 0 Å². The first-order valence-electron chi connectivity index (χ1n) is 11.6. The first-order chi connectivity index (χ1) is 16.2. The smallest absolute Gasteiger partial charge is 0.323 e. The lowest BCUT2D eigenvalue weighted by Gasteiger charge is -2.20. The number of carbonyl (C=O) groups excluding carboxylic acids is 1. The summed E-state index contributed by atoms with van der Waals surface area (Å²) in [6.45, 7) is 2.80. The molecule has 4 rings (SSSR count). The van der Waals surface area contributed by atoms with Gasteiger partial charge in [0.15, 0.2) is 14.7 Å². The monoisotopic (exact) mass is 462 g/mol. The van der Waals surface area contributed by atoms with Gasteiger partial charge in [0.2, 0.25) is 0 Å². The molecule has 0 aliphatic carbocycles. The number of rotatable bonds is 11. The van der Waals surface area contributed by atoms with Crippen LogP contribution in [0.5, 0.6) is 0 Å². The first kappa shape index (κ1) is 23.6. The Bertz CT molecular complexity index is 955. The summed E-state index contributed by atoms with van der Waals surface area (Å²) in [5, 5.41) is 0. The maximum atomic E-state index is 11.6. The van der Waals surface area contributed by atoms with Crippen LogP contribution in [0.4, 0.5) is 0 Å². The number of benzene rings is 3. The van der Waals surface area contributed by atoms with Crippen molar-refractivity contribution in [2.24, 2.45) is 0 Å². The molecule has 1 saturated heterocycles. The molecule has 0 bridgehead atoms. The van der Waals surface area contributed by atoms with E-state index in [0.717, 1.165) is 25.8 Å². The molecule has 4 nitrogen and oxygen atoms in total. The van der Waals surface area contributed by atoms with E-state index < -0.39 is 0 Å². The van der Waals surface area contributed by atoms with Gasteiger partial charge in [-0.1, -0.05) is 48.5 Å². The number of carbonyl (C=O) groups is 1. The average Bonchev–Trinajstić information content (AvgIpc) is 3.29. The van der Waals surface area contributed by atoms with Crippen LogP contribution in [-0.4, -0.2) is 50.3 Å². The van der Waals surface area contributed by atoms with Gasteiger partial charge in [0.1, 0.15) is 6.04 Å². The number of nitrogens with zero attached hydrogens (tertiary/aromatic N) is 1. The minimum absolute atomic E-state index is 0.0835. The van der Waals surface area contributed by atoms with Crippen molar-refractivity contribution in [2.45, 2.75) is 40.0 Å². The molecular weight excluding hydrogens is 430 g/mol. The standard InChI is InChI=1S/C28H32NO3S/c1-29(27-18-22-32-28(27)30)19-8-20-31-21-17-23-13-15-26(16-14-23)33(24-9-4-2-5-10-24)25-11-6-3-7-12-25/h2-7,9-16,27H,8,17-22H2,1H3/q+1. The van der Waals surface area contributed by atoms with E-state index in [1.807, 2.05) is 7.05 Å². The van der Waals surface area contributed by atoms with E-state index >= 15 is 0 Å². The number of ether oxygens (including phenoxy) is 2. The van der Waals surface area contributed by atoms with Crippen LogP contribution in [0, 0.1) is 0 Å². The lowest BCUT2D eigenvalue weighted by Crippen LogP contribution is -2.36. The Hall–Kier alpha value is -2.60. The third kappa shape index (κ3) is 6.47. The van der Waals surface area contributed by atoms with Crippen LogP contribution in [0.25, 0.3) is 0 Å². The summed E-state index contributed by atoms with van der Waals surface area (Å²) < 4.78 is 10.9. The Morgan fingerprint density at radius 2 is 1.48 bits per heavy atom. The van der Waals surface area contributed by atoms with Crippen molar-refractivity contribution >= 4 is 16.9 Å². The highest BCUT2D eigenvalue weighted by Crippen LogP contribution is 2.31. The summed E-state index contributed by atoms with van der Waals surface area (Å²) in [5.41, 5.74) is 1.29. The van der Waals surface area contributed by atoms with Crippen LogP contribution in [0.1, 0.15) is 18.4 Å². The van der Waals surface area contributed by atoms with Crippen LogP contribution < -0.4 is 0 Å². The van der Waals surface area contributed by atoms with E-state index in [0.29, 0.717) is 19.8 Å². The summed E-state index contributed by atoms with van der Waals surface area (Å²) in [4.78, 5) is 17.7. The third-order valence-corrected chi connectivity index (χ3v) is 8.12. The molecule has 1 atom stereocenters. The van der Waals surface area contributed by atoms with Crippen molar-refractivity contribution in [3.8, 4) is 0 Å². The Labute approximate surface area is 199 Å². The molecule has 3 aromatic rings. The minimum Gasteiger partial charge on any atom is -0.464 e. The highest BCUT2D eigenvalue weighted by molar-refractivity contribution is 7.97. The topological polar surface area (TPSA) is 38.8 Å². The fourth-order valence-electron chi connectivity index (χ4n) is 4.06. The lowest BCUT2D eigenvalue weighted by atomic mass is 10.2. The highest BCUT2D eigenvalue weighted by Gasteiger charge is 2.30. The second kappa shape index (κ2) is 12.0. The van der Waals surface area contributed by atoms with Gasteiger partial charge in [-0.15, -0.1) is 0 Å². The molecule has 1 heterocycles. The zero-order valence-electron chi connectivity index (χ0n) is 19.2. The van der Waals surface area contributed by atoms with E-state index in [2.05, 4.69) is 89.8 Å². The van der Waals surface area contributed by atoms with Crippen molar-refractivity contribution in [3.05, 3.63) is 90.5 Å². The zero-order chi connectivity index (χ0) is 22.9. The van der Waals surface area contributed by atoms with Crippen molar-refractivity contribution in [1.29, 1.82) is 0 Å². The van der Waals surface area contributed by atoms with Gasteiger partial charge in [-0.2, -0.15) is 0 Å². The van der Waals surface area contributed by atoms with Crippen LogP contribution in [-0.2, 0) is 31.6 Å². The largest absolute Gasteiger partial charge is 0.464 e. The van der Waals surface area contributed by atoms with Crippen LogP contribution in [0.15, 0.2) is 99.6 Å². The van der Waals surface area contributed by atoms with Crippen molar-refractivity contribution < 1.29 is 14.3 Å². The molecule has 33 heavy (non-hydrogen) atoms. The summed E-state index contributed by atoms with van der Waals surface area (Å²) in [7, 11) is 1.87. The molecule has 1 aliphatic rings. The van der Waals surface area contributed by atoms with Gasteiger partial charge in [-0.05, 0) is 61.9 Å². The second-order valence-corrected chi connectivity index (χ2v) is 10.3. The van der Waals surface area contributed by atoms with Gasteiger partial charge >= 0.3 is 5.97 Å². The molecule has 0 spiro atoms. The van der Waals surface area contributed by atoms with Gasteiger partial charge in [0.25, 0.3) is 0 Å². The number of cyclic esters (lactones) is 1. The Kier molecular flexibility index (Phi) is 8.59. The number of hydrogen-bond donors (Lipinski definition) is 0. The summed E-state index contributed by atoms with van der Waals surface area (Å²) >= 11 is 0. The Morgan fingerprint density at radius 3 is 2.06 bits per heavy atom. The zero-order valence-corrected chi connectivity index (χ0v) is 20.0. The summed E-state index contributed by atoms with van der Waals surface area (Å²) in [5.74, 6) is -0.0933. The number of esters is 1. The quantitative estimate of drug-likeness (QED) is 0.229. The van der Waals surface area contributed by atoms with Gasteiger partial charge < -0.3 is 9.47 Å². The summed E-state index contributed by atoms with van der Waals surface area (Å²) in [6, 6.07) is 30.3. The van der Waals surface area contributed by atoms with E-state index in [1.165, 1.54) is 20.2 Å². The SMILES string of the molecule is CN(CCCOCCc1ccc([S+](c2ccccc2)c2ccccc2)cc1)C1CCOC1=O. The average molecular weight is 463 g/mol. The minimum atomic E-state index is -0.110. The van der Waals surface area contributed by atoms with E-state index in [9.17, 15) is 4.79 Å². The molecule has 1 fully saturated rings. The molecule has 0 radical (unpaired) electrons. The lowest BCUT2D eigenvalue weighted by molar-refractivity contribution is -0.142. The van der Waals surface area contributed by atoms with Gasteiger partial charge in [0, 0.05) is 19.6 Å². The maximum Gasteiger partial charge on any atom is 0.323 e. The normalized spacial score (nSPS) is 15.8. The molecule has 0 N–H and O–H groups in total. The van der Waals surface area contributed by atoms with Gasteiger partial charge in [-0.25, -0.2) is 0 Å². The second-order valence-electron chi connectivity index (χ2n) is 8.24. The molecule has 3 aromatic carbocycles. The maximum absolute atomic E-state index is 11.6. The molecule has 1 unspecified atom stereocenters. The predicted molar refractivity (Wildman–Crippen MR) is 133 cm³/mol. The fourth-order valence-corrected chi connectivity index (χ4v) is 6.15.